The molecule has 0 saturated carbocycles. The summed E-state index contributed by atoms with van der Waals surface area (Å²) in [5, 5.41) is 0. The number of fused-ring (bicyclic) bond motifs is 1. The van der Waals surface area contributed by atoms with Crippen LogP contribution in [0.1, 0.15) is 74.5 Å². The lowest BCUT2D eigenvalue weighted by Gasteiger charge is -2.41. The van der Waals surface area contributed by atoms with Gasteiger partial charge in [-0.25, -0.2) is 9.78 Å². The molecule has 1 aromatic heterocycles. The van der Waals surface area contributed by atoms with Gasteiger partial charge in [0.2, 0.25) is 5.91 Å². The van der Waals surface area contributed by atoms with Crippen molar-refractivity contribution in [1.29, 1.82) is 0 Å². The number of hydrogen-bond acceptors (Lipinski definition) is 4. The molecule has 3 rings (SSSR count). The Hall–Kier alpha value is -3.04. The first-order chi connectivity index (χ1) is 15.7. The largest absolute Gasteiger partial charge is 0.444 e. The van der Waals surface area contributed by atoms with Crippen molar-refractivity contribution in [2.24, 2.45) is 5.73 Å². The monoisotopic (exact) mass is 480 g/mol. The van der Waals surface area contributed by atoms with E-state index >= 15 is 0 Å². The number of halogens is 3. The number of primary amides is 1. The van der Waals surface area contributed by atoms with Crippen LogP contribution >= 0.6 is 0 Å². The summed E-state index contributed by atoms with van der Waals surface area (Å²) in [6, 6.07) is 3.71. The first-order valence-corrected chi connectivity index (χ1v) is 11.3. The number of carbonyl (C=O) groups excluding carboxylic acids is 2. The average Bonchev–Trinajstić information content (AvgIpc) is 3.06. The smallest absolute Gasteiger partial charge is 0.416 e. The average molecular weight is 481 g/mol. The fourth-order valence-electron chi connectivity index (χ4n) is 4.36. The number of alkyl halides is 3. The number of aromatic nitrogens is 2. The van der Waals surface area contributed by atoms with Crippen LogP contribution in [-0.4, -0.2) is 38.6 Å². The zero-order valence-electron chi connectivity index (χ0n) is 20.1. The number of aryl methyl sites for hydroxylation is 3. The molecule has 2 aromatic rings. The minimum absolute atomic E-state index is 0.0255. The van der Waals surface area contributed by atoms with E-state index in [1.165, 1.54) is 17.0 Å². The van der Waals surface area contributed by atoms with Gasteiger partial charge in [0.05, 0.1) is 29.5 Å². The standard InChI is InChI=1S/C24H31F3N4O3/c1-6-19-29-14(2)20-17(12-9-15-7-10-16(11-8-15)24(25,26)27)30(22(33)34-23(3,4)5)13-18(21(28)32)31(19)20/h7-8,10-11,17-18H,6,9,12-13H2,1-5H3,(H2,28,32). The summed E-state index contributed by atoms with van der Waals surface area (Å²) in [6.45, 7) is 9.02. The molecular formula is C24H31F3N4O3. The third-order valence-electron chi connectivity index (χ3n) is 5.84. The molecule has 0 radical (unpaired) electrons. The Kier molecular flexibility index (Phi) is 7.00. The number of imidazole rings is 1. The Labute approximate surface area is 197 Å². The molecule has 0 saturated heterocycles. The second-order valence-electron chi connectivity index (χ2n) is 9.52. The Balaban J connectivity index is 1.99. The van der Waals surface area contributed by atoms with E-state index in [1.807, 2.05) is 18.4 Å². The Morgan fingerprint density at radius 2 is 1.79 bits per heavy atom. The van der Waals surface area contributed by atoms with Crippen molar-refractivity contribution in [3.05, 3.63) is 52.6 Å². The van der Waals surface area contributed by atoms with Gasteiger partial charge in [-0.3, -0.25) is 9.69 Å². The molecular weight excluding hydrogens is 449 g/mol. The van der Waals surface area contributed by atoms with Crippen LogP contribution in [0.3, 0.4) is 0 Å². The molecule has 1 aliphatic rings. The molecule has 2 atom stereocenters. The van der Waals surface area contributed by atoms with Crippen molar-refractivity contribution in [2.75, 3.05) is 6.54 Å². The van der Waals surface area contributed by atoms with Crippen LogP contribution in [0.15, 0.2) is 24.3 Å². The zero-order chi connectivity index (χ0) is 25.4. The minimum atomic E-state index is -4.40. The van der Waals surface area contributed by atoms with Crippen LogP contribution in [0.25, 0.3) is 0 Å². The van der Waals surface area contributed by atoms with E-state index in [2.05, 4.69) is 4.98 Å². The fraction of sp³-hybridized carbons (Fsp3) is 0.542. The van der Waals surface area contributed by atoms with Gasteiger partial charge < -0.3 is 15.0 Å². The van der Waals surface area contributed by atoms with Crippen LogP contribution in [0.5, 0.6) is 0 Å². The predicted molar refractivity (Wildman–Crippen MR) is 120 cm³/mol. The van der Waals surface area contributed by atoms with Gasteiger partial charge in [-0.2, -0.15) is 13.2 Å². The number of nitrogens with zero attached hydrogens (tertiary/aromatic N) is 3. The van der Waals surface area contributed by atoms with E-state index in [-0.39, 0.29) is 6.54 Å². The van der Waals surface area contributed by atoms with Gasteiger partial charge in [0.25, 0.3) is 0 Å². The lowest BCUT2D eigenvalue weighted by Crippen LogP contribution is -2.50. The number of benzene rings is 1. The van der Waals surface area contributed by atoms with E-state index in [9.17, 15) is 22.8 Å². The first kappa shape index (κ1) is 25.6. The van der Waals surface area contributed by atoms with Crippen molar-refractivity contribution in [1.82, 2.24) is 14.5 Å². The highest BCUT2D eigenvalue weighted by atomic mass is 19.4. The molecule has 7 nitrogen and oxygen atoms in total. The van der Waals surface area contributed by atoms with E-state index in [0.29, 0.717) is 42.0 Å². The molecule has 34 heavy (non-hydrogen) atoms. The van der Waals surface area contributed by atoms with E-state index in [1.54, 1.807) is 20.8 Å². The molecule has 2 N–H and O–H groups in total. The molecule has 0 aliphatic carbocycles. The highest BCUT2D eigenvalue weighted by molar-refractivity contribution is 5.80. The molecule has 1 aromatic carbocycles. The van der Waals surface area contributed by atoms with Gasteiger partial charge in [0.1, 0.15) is 17.5 Å². The SMILES string of the molecule is CCc1nc(C)c2n1C(C(N)=O)CN(C(=O)OC(C)(C)C)C2CCc1ccc(C(F)(F)F)cc1. The Morgan fingerprint density at radius 1 is 1.18 bits per heavy atom. The number of carbonyl (C=O) groups is 2. The van der Waals surface area contributed by atoms with Crippen LogP contribution in [0.2, 0.25) is 0 Å². The van der Waals surface area contributed by atoms with Crippen LogP contribution in [0.4, 0.5) is 18.0 Å². The van der Waals surface area contributed by atoms with Gasteiger partial charge >= 0.3 is 12.3 Å². The van der Waals surface area contributed by atoms with Crippen molar-refractivity contribution in [2.45, 2.75) is 77.7 Å². The Morgan fingerprint density at radius 3 is 2.29 bits per heavy atom. The molecule has 1 aliphatic heterocycles. The third kappa shape index (κ3) is 5.37. The first-order valence-electron chi connectivity index (χ1n) is 11.3. The van der Waals surface area contributed by atoms with Gasteiger partial charge in [-0.15, -0.1) is 0 Å². The van der Waals surface area contributed by atoms with Crippen molar-refractivity contribution >= 4 is 12.0 Å². The lowest BCUT2D eigenvalue weighted by atomic mass is 9.96. The lowest BCUT2D eigenvalue weighted by molar-refractivity contribution is -0.137. The molecule has 186 valence electrons. The highest BCUT2D eigenvalue weighted by Gasteiger charge is 2.42. The summed E-state index contributed by atoms with van der Waals surface area (Å²) in [7, 11) is 0. The molecule has 2 heterocycles. The second-order valence-corrected chi connectivity index (χ2v) is 9.52. The molecule has 2 amide bonds. The van der Waals surface area contributed by atoms with Crippen molar-refractivity contribution in [3.8, 4) is 0 Å². The zero-order valence-corrected chi connectivity index (χ0v) is 20.1. The molecule has 10 heteroatoms. The van der Waals surface area contributed by atoms with E-state index in [4.69, 9.17) is 10.5 Å². The Bertz CT molecular complexity index is 1060. The molecule has 0 fully saturated rings. The second kappa shape index (κ2) is 9.31. The summed E-state index contributed by atoms with van der Waals surface area (Å²) in [5.41, 5.74) is 6.32. The molecule has 2 unspecified atom stereocenters. The maximum Gasteiger partial charge on any atom is 0.416 e. The number of hydrogen-bond donors (Lipinski definition) is 1. The summed E-state index contributed by atoms with van der Waals surface area (Å²) in [5.74, 6) is 0.114. The summed E-state index contributed by atoms with van der Waals surface area (Å²) < 4.78 is 46.2. The predicted octanol–water partition coefficient (Wildman–Crippen LogP) is 4.72. The summed E-state index contributed by atoms with van der Waals surface area (Å²) in [4.78, 5) is 31.6. The number of nitrogens with two attached hydrogens (primary N) is 1. The normalized spacial score (nSPS) is 18.5. The molecule has 0 bridgehead atoms. The van der Waals surface area contributed by atoms with Crippen molar-refractivity contribution < 1.29 is 27.5 Å². The highest BCUT2D eigenvalue weighted by Crippen LogP contribution is 2.38. The fourth-order valence-corrected chi connectivity index (χ4v) is 4.36. The summed E-state index contributed by atoms with van der Waals surface area (Å²) >= 11 is 0. The number of rotatable bonds is 5. The van der Waals surface area contributed by atoms with E-state index < -0.39 is 41.4 Å². The van der Waals surface area contributed by atoms with Gasteiger partial charge in [0, 0.05) is 6.42 Å². The quantitative estimate of drug-likeness (QED) is 0.670. The van der Waals surface area contributed by atoms with Gasteiger partial charge in [-0.1, -0.05) is 19.1 Å². The van der Waals surface area contributed by atoms with Crippen LogP contribution < -0.4 is 5.73 Å². The topological polar surface area (TPSA) is 90.5 Å². The molecule has 0 spiro atoms. The maximum absolute atomic E-state index is 13.2. The van der Waals surface area contributed by atoms with Crippen LogP contribution in [0, 0.1) is 6.92 Å². The van der Waals surface area contributed by atoms with Gasteiger partial charge in [0.15, 0.2) is 0 Å². The van der Waals surface area contributed by atoms with E-state index in [0.717, 1.165) is 12.1 Å². The number of ether oxygens (including phenoxy) is 1. The van der Waals surface area contributed by atoms with Gasteiger partial charge in [-0.05, 0) is 58.2 Å². The summed E-state index contributed by atoms with van der Waals surface area (Å²) in [6.07, 6.45) is -3.59. The van der Waals surface area contributed by atoms with Crippen LogP contribution in [-0.2, 0) is 28.5 Å². The van der Waals surface area contributed by atoms with Crippen molar-refractivity contribution in [3.63, 3.8) is 0 Å². The number of amides is 2. The third-order valence-corrected chi connectivity index (χ3v) is 5.84. The maximum atomic E-state index is 13.2. The minimum Gasteiger partial charge on any atom is -0.444 e.